The molecule has 2 N–H and O–H groups in total. The molecule has 4 rings (SSSR count). The third kappa shape index (κ3) is 5.84. The van der Waals surface area contributed by atoms with Crippen LogP contribution in [0.1, 0.15) is 5.82 Å². The standard InChI is InChI=1S/C22H27N7O2S/c1-16-24-21(27-22(25-16)29-11-9-28(10-12-29)13-14-30)26-17-3-8-20(23-15-17)32-19-6-4-18(31-2)5-7-19/h3-8,15,30H,9-14H2,1-2H3,(H,24,25,26,27). The fourth-order valence-electron chi connectivity index (χ4n) is 3.39. The van der Waals surface area contributed by atoms with Crippen molar-refractivity contribution in [2.75, 3.05) is 56.7 Å². The van der Waals surface area contributed by atoms with Gasteiger partial charge in [0.15, 0.2) is 0 Å². The van der Waals surface area contributed by atoms with Gasteiger partial charge in [0, 0.05) is 37.6 Å². The fourth-order valence-corrected chi connectivity index (χ4v) is 4.14. The van der Waals surface area contributed by atoms with Crippen LogP contribution in [0.5, 0.6) is 5.75 Å². The van der Waals surface area contributed by atoms with Crippen LogP contribution in [0.3, 0.4) is 0 Å². The summed E-state index contributed by atoms with van der Waals surface area (Å²) in [7, 11) is 1.66. The summed E-state index contributed by atoms with van der Waals surface area (Å²) in [6, 6.07) is 11.8. The zero-order valence-corrected chi connectivity index (χ0v) is 19.0. The Morgan fingerprint density at radius 1 is 1.03 bits per heavy atom. The summed E-state index contributed by atoms with van der Waals surface area (Å²) in [4.78, 5) is 23.6. The summed E-state index contributed by atoms with van der Waals surface area (Å²) in [5, 5.41) is 13.3. The summed E-state index contributed by atoms with van der Waals surface area (Å²) in [5.41, 5.74) is 0.813. The molecule has 0 aliphatic carbocycles. The molecule has 1 saturated heterocycles. The number of piperazine rings is 1. The van der Waals surface area contributed by atoms with Crippen LogP contribution in [-0.4, -0.2) is 76.4 Å². The van der Waals surface area contributed by atoms with Crippen LogP contribution in [0.15, 0.2) is 52.5 Å². The van der Waals surface area contributed by atoms with Crippen molar-refractivity contribution in [2.24, 2.45) is 0 Å². The minimum Gasteiger partial charge on any atom is -0.497 e. The van der Waals surface area contributed by atoms with E-state index in [4.69, 9.17) is 9.84 Å². The maximum Gasteiger partial charge on any atom is 0.232 e. The van der Waals surface area contributed by atoms with Crippen molar-refractivity contribution in [3.63, 3.8) is 0 Å². The number of nitrogens with zero attached hydrogens (tertiary/aromatic N) is 6. The minimum absolute atomic E-state index is 0.185. The summed E-state index contributed by atoms with van der Waals surface area (Å²) in [6.07, 6.45) is 1.78. The number of benzene rings is 1. The van der Waals surface area contributed by atoms with E-state index in [9.17, 15) is 0 Å². The Morgan fingerprint density at radius 3 is 2.47 bits per heavy atom. The molecule has 0 unspecified atom stereocenters. The maximum absolute atomic E-state index is 9.12. The van der Waals surface area contributed by atoms with Crippen LogP contribution in [0.25, 0.3) is 0 Å². The Hall–Kier alpha value is -2.95. The number of anilines is 3. The van der Waals surface area contributed by atoms with Gasteiger partial charge in [-0.15, -0.1) is 0 Å². The lowest BCUT2D eigenvalue weighted by atomic mass is 10.3. The van der Waals surface area contributed by atoms with Crippen molar-refractivity contribution in [1.29, 1.82) is 0 Å². The normalized spacial score (nSPS) is 14.4. The average molecular weight is 454 g/mol. The van der Waals surface area contributed by atoms with Crippen molar-refractivity contribution >= 4 is 29.3 Å². The Balaban J connectivity index is 1.39. The van der Waals surface area contributed by atoms with E-state index in [-0.39, 0.29) is 6.61 Å². The van der Waals surface area contributed by atoms with E-state index < -0.39 is 0 Å². The highest BCUT2D eigenvalue weighted by Gasteiger charge is 2.19. The molecular weight excluding hydrogens is 426 g/mol. The third-order valence-corrected chi connectivity index (χ3v) is 6.04. The molecule has 1 aromatic carbocycles. The number of rotatable bonds is 8. The lowest BCUT2D eigenvalue weighted by molar-refractivity contribution is 0.188. The van der Waals surface area contributed by atoms with Gasteiger partial charge in [-0.3, -0.25) is 4.90 Å². The van der Waals surface area contributed by atoms with Crippen LogP contribution < -0.4 is 15.0 Å². The number of hydrogen-bond donors (Lipinski definition) is 2. The van der Waals surface area contributed by atoms with Gasteiger partial charge in [0.05, 0.1) is 25.6 Å². The Labute approximate surface area is 191 Å². The highest BCUT2D eigenvalue weighted by Crippen LogP contribution is 2.28. The van der Waals surface area contributed by atoms with E-state index in [1.807, 2.05) is 43.3 Å². The predicted molar refractivity (Wildman–Crippen MR) is 125 cm³/mol. The lowest BCUT2D eigenvalue weighted by Crippen LogP contribution is -2.47. The number of aliphatic hydroxyl groups excluding tert-OH is 1. The molecule has 1 aliphatic heterocycles. The van der Waals surface area contributed by atoms with Gasteiger partial charge < -0.3 is 20.1 Å². The van der Waals surface area contributed by atoms with Crippen LogP contribution >= 0.6 is 11.8 Å². The summed E-state index contributed by atoms with van der Waals surface area (Å²) in [6.45, 7) is 6.16. The van der Waals surface area contributed by atoms with E-state index >= 15 is 0 Å². The highest BCUT2D eigenvalue weighted by molar-refractivity contribution is 7.99. The Kier molecular flexibility index (Phi) is 7.35. The number of methoxy groups -OCH3 is 1. The molecule has 0 amide bonds. The topological polar surface area (TPSA) is 99.5 Å². The van der Waals surface area contributed by atoms with E-state index in [2.05, 4.69) is 35.1 Å². The molecule has 168 valence electrons. The quantitative estimate of drug-likeness (QED) is 0.529. The van der Waals surface area contributed by atoms with Crippen molar-refractivity contribution in [3.05, 3.63) is 48.4 Å². The van der Waals surface area contributed by atoms with E-state index in [0.29, 0.717) is 24.3 Å². The van der Waals surface area contributed by atoms with Gasteiger partial charge in [0.2, 0.25) is 11.9 Å². The largest absolute Gasteiger partial charge is 0.497 e. The summed E-state index contributed by atoms with van der Waals surface area (Å²) < 4.78 is 5.20. The number of aromatic nitrogens is 4. The SMILES string of the molecule is COc1ccc(Sc2ccc(Nc3nc(C)nc(N4CCN(CCO)CC4)n3)cn2)cc1. The van der Waals surface area contributed by atoms with Gasteiger partial charge in [0.1, 0.15) is 16.6 Å². The zero-order valence-electron chi connectivity index (χ0n) is 18.2. The number of hydrogen-bond acceptors (Lipinski definition) is 10. The minimum atomic E-state index is 0.185. The van der Waals surface area contributed by atoms with Gasteiger partial charge in [-0.2, -0.15) is 15.0 Å². The van der Waals surface area contributed by atoms with Gasteiger partial charge >= 0.3 is 0 Å². The van der Waals surface area contributed by atoms with Crippen LogP contribution in [0.2, 0.25) is 0 Å². The molecule has 3 aromatic rings. The van der Waals surface area contributed by atoms with Crippen molar-refractivity contribution in [2.45, 2.75) is 16.8 Å². The molecule has 9 nitrogen and oxygen atoms in total. The summed E-state index contributed by atoms with van der Waals surface area (Å²) in [5.74, 6) is 2.67. The first-order valence-corrected chi connectivity index (χ1v) is 11.3. The Bertz CT molecular complexity index is 1010. The number of ether oxygens (including phenoxy) is 1. The second-order valence-corrected chi connectivity index (χ2v) is 8.44. The number of aliphatic hydroxyl groups is 1. The van der Waals surface area contributed by atoms with Crippen LogP contribution in [0.4, 0.5) is 17.6 Å². The maximum atomic E-state index is 9.12. The first kappa shape index (κ1) is 22.3. The van der Waals surface area contributed by atoms with E-state index in [0.717, 1.165) is 47.5 Å². The number of aryl methyl sites for hydroxylation is 1. The van der Waals surface area contributed by atoms with Gasteiger partial charge in [-0.1, -0.05) is 11.8 Å². The molecule has 32 heavy (non-hydrogen) atoms. The molecule has 0 saturated carbocycles. The van der Waals surface area contributed by atoms with Gasteiger partial charge in [-0.25, -0.2) is 4.98 Å². The first-order chi connectivity index (χ1) is 15.6. The number of pyridine rings is 1. The molecule has 0 bridgehead atoms. The summed E-state index contributed by atoms with van der Waals surface area (Å²) >= 11 is 1.59. The van der Waals surface area contributed by atoms with Crippen LogP contribution in [0, 0.1) is 6.92 Å². The zero-order chi connectivity index (χ0) is 22.3. The fraction of sp³-hybridized carbons (Fsp3) is 0.364. The molecule has 3 heterocycles. The molecule has 0 radical (unpaired) electrons. The molecule has 1 aliphatic rings. The smallest absolute Gasteiger partial charge is 0.232 e. The monoisotopic (exact) mass is 453 g/mol. The van der Waals surface area contributed by atoms with Crippen molar-refractivity contribution in [1.82, 2.24) is 24.8 Å². The highest BCUT2D eigenvalue weighted by atomic mass is 32.2. The average Bonchev–Trinajstić information content (AvgIpc) is 2.81. The first-order valence-electron chi connectivity index (χ1n) is 10.5. The molecule has 2 aromatic heterocycles. The van der Waals surface area contributed by atoms with Crippen molar-refractivity contribution in [3.8, 4) is 5.75 Å². The molecular formula is C22H27N7O2S. The van der Waals surface area contributed by atoms with Gasteiger partial charge in [0.25, 0.3) is 0 Å². The predicted octanol–water partition coefficient (Wildman–Crippen LogP) is 2.59. The molecule has 1 fully saturated rings. The molecule has 10 heteroatoms. The Morgan fingerprint density at radius 2 is 1.81 bits per heavy atom. The second kappa shape index (κ2) is 10.6. The number of nitrogens with one attached hydrogen (secondary N) is 1. The van der Waals surface area contributed by atoms with Crippen molar-refractivity contribution < 1.29 is 9.84 Å². The van der Waals surface area contributed by atoms with Crippen LogP contribution in [-0.2, 0) is 0 Å². The van der Waals surface area contributed by atoms with Gasteiger partial charge in [-0.05, 0) is 43.3 Å². The number of β-amino-alcohol motifs (C(OH)–C–C–N with tert-alkyl or cyclic N) is 1. The molecule has 0 atom stereocenters. The lowest BCUT2D eigenvalue weighted by Gasteiger charge is -2.34. The van der Waals surface area contributed by atoms with E-state index in [1.165, 1.54) is 0 Å². The second-order valence-electron chi connectivity index (χ2n) is 7.35. The molecule has 0 spiro atoms. The van der Waals surface area contributed by atoms with E-state index in [1.54, 1.807) is 25.1 Å². The third-order valence-electron chi connectivity index (χ3n) is 5.08.